The predicted octanol–water partition coefficient (Wildman–Crippen LogP) is 4.95. The first kappa shape index (κ1) is 12.1. The third kappa shape index (κ3) is 2.09. The van der Waals surface area contributed by atoms with Gasteiger partial charge in [-0.1, -0.05) is 0 Å². The molecule has 3 aromatic heterocycles. The molecule has 3 heterocycles. The predicted molar refractivity (Wildman–Crippen MR) is 80.4 cm³/mol. The van der Waals surface area contributed by atoms with Gasteiger partial charge in [-0.3, -0.25) is 0 Å². The van der Waals surface area contributed by atoms with E-state index in [4.69, 9.17) is 10.5 Å². The minimum absolute atomic E-state index is 0.713. The monoisotopic (exact) mass is 298 g/mol. The molecule has 0 spiro atoms. The van der Waals surface area contributed by atoms with Crippen LogP contribution in [0, 0.1) is 22.7 Å². The summed E-state index contributed by atoms with van der Waals surface area (Å²) < 4.78 is 0. The number of nitriles is 2. The second-order valence-corrected chi connectivity index (χ2v) is 6.63. The Labute approximate surface area is 122 Å². The van der Waals surface area contributed by atoms with Crippen LogP contribution in [0.15, 0.2) is 35.0 Å². The molecule has 90 valence electrons. The van der Waals surface area contributed by atoms with Crippen molar-refractivity contribution in [3.05, 3.63) is 46.2 Å². The van der Waals surface area contributed by atoms with Crippen LogP contribution < -0.4 is 0 Å². The zero-order valence-electron chi connectivity index (χ0n) is 9.58. The van der Waals surface area contributed by atoms with Crippen LogP contribution in [0.1, 0.15) is 11.1 Å². The minimum atomic E-state index is 0.713. The summed E-state index contributed by atoms with van der Waals surface area (Å²) in [5.41, 5.74) is 1.43. The van der Waals surface area contributed by atoms with Crippen LogP contribution >= 0.6 is 34.0 Å². The van der Waals surface area contributed by atoms with E-state index in [0.29, 0.717) is 11.1 Å². The van der Waals surface area contributed by atoms with Crippen molar-refractivity contribution in [2.45, 2.75) is 0 Å². The number of thiophene rings is 3. The van der Waals surface area contributed by atoms with Crippen molar-refractivity contribution in [1.82, 2.24) is 0 Å². The SMILES string of the molecule is N#Cc1ccsc1-c1ccc(-c2sccc2C#N)s1. The van der Waals surface area contributed by atoms with E-state index in [9.17, 15) is 0 Å². The summed E-state index contributed by atoms with van der Waals surface area (Å²) in [6, 6.07) is 12.1. The lowest BCUT2D eigenvalue weighted by atomic mass is 10.2. The third-order valence-corrected chi connectivity index (χ3v) is 5.90. The Morgan fingerprint density at radius 2 is 1.21 bits per heavy atom. The van der Waals surface area contributed by atoms with Crippen molar-refractivity contribution < 1.29 is 0 Å². The zero-order valence-corrected chi connectivity index (χ0v) is 12.0. The second-order valence-electron chi connectivity index (χ2n) is 3.71. The number of rotatable bonds is 2. The van der Waals surface area contributed by atoms with Crippen LogP contribution in [0.2, 0.25) is 0 Å². The van der Waals surface area contributed by atoms with Gasteiger partial charge in [0.15, 0.2) is 0 Å². The molecule has 0 radical (unpaired) electrons. The first-order valence-electron chi connectivity index (χ1n) is 5.39. The van der Waals surface area contributed by atoms with Crippen LogP contribution in [0.25, 0.3) is 19.5 Å². The van der Waals surface area contributed by atoms with Gasteiger partial charge in [0.1, 0.15) is 12.1 Å². The lowest BCUT2D eigenvalue weighted by molar-refractivity contribution is 1.51. The Morgan fingerprint density at radius 3 is 1.63 bits per heavy atom. The molecule has 0 atom stereocenters. The Bertz CT molecular complexity index is 741. The fourth-order valence-corrected chi connectivity index (χ4v) is 4.74. The number of hydrogen-bond donors (Lipinski definition) is 0. The maximum Gasteiger partial charge on any atom is 0.101 e. The van der Waals surface area contributed by atoms with Crippen molar-refractivity contribution in [3.63, 3.8) is 0 Å². The Hall–Kier alpha value is -1.92. The van der Waals surface area contributed by atoms with E-state index in [2.05, 4.69) is 12.1 Å². The minimum Gasteiger partial charge on any atom is -0.192 e. The average molecular weight is 298 g/mol. The molecule has 3 rings (SSSR count). The Kier molecular flexibility index (Phi) is 3.18. The smallest absolute Gasteiger partial charge is 0.101 e. The van der Waals surface area contributed by atoms with Crippen molar-refractivity contribution in [1.29, 1.82) is 10.5 Å². The molecule has 0 aliphatic carbocycles. The largest absolute Gasteiger partial charge is 0.192 e. The molecule has 0 fully saturated rings. The third-order valence-electron chi connectivity index (χ3n) is 2.62. The van der Waals surface area contributed by atoms with Gasteiger partial charge in [-0.05, 0) is 35.0 Å². The van der Waals surface area contributed by atoms with E-state index in [0.717, 1.165) is 19.5 Å². The maximum absolute atomic E-state index is 9.06. The summed E-state index contributed by atoms with van der Waals surface area (Å²) in [5.74, 6) is 0. The van der Waals surface area contributed by atoms with Crippen LogP contribution in [0.3, 0.4) is 0 Å². The van der Waals surface area contributed by atoms with Crippen molar-refractivity contribution in [2.75, 3.05) is 0 Å². The lowest BCUT2D eigenvalue weighted by Crippen LogP contribution is -1.70. The second kappa shape index (κ2) is 4.99. The van der Waals surface area contributed by atoms with E-state index >= 15 is 0 Å². The molecule has 0 unspecified atom stereocenters. The highest BCUT2D eigenvalue weighted by molar-refractivity contribution is 7.26. The van der Waals surface area contributed by atoms with Gasteiger partial charge in [0.25, 0.3) is 0 Å². The molecule has 0 saturated heterocycles. The van der Waals surface area contributed by atoms with Gasteiger partial charge in [-0.2, -0.15) is 10.5 Å². The van der Waals surface area contributed by atoms with Gasteiger partial charge in [0.2, 0.25) is 0 Å². The molecule has 0 saturated carbocycles. The fourth-order valence-electron chi connectivity index (χ4n) is 1.76. The molecule has 3 aromatic rings. The summed E-state index contributed by atoms with van der Waals surface area (Å²) in [4.78, 5) is 4.18. The zero-order chi connectivity index (χ0) is 13.2. The number of hydrogen-bond acceptors (Lipinski definition) is 5. The lowest BCUT2D eigenvalue weighted by Gasteiger charge is -1.93. The molecule has 0 amide bonds. The molecule has 2 nitrogen and oxygen atoms in total. The summed E-state index contributed by atoms with van der Waals surface area (Å²) in [7, 11) is 0. The molecule has 0 aromatic carbocycles. The maximum atomic E-state index is 9.06. The summed E-state index contributed by atoms with van der Waals surface area (Å²) in [5, 5.41) is 22.0. The standard InChI is InChI=1S/C14H6N2S3/c15-7-9-3-5-17-13(9)11-1-2-12(19-11)14-10(8-16)4-6-18-14/h1-6H. The van der Waals surface area contributed by atoms with E-state index in [-0.39, 0.29) is 0 Å². The van der Waals surface area contributed by atoms with E-state index in [1.165, 1.54) is 0 Å². The van der Waals surface area contributed by atoms with Crippen molar-refractivity contribution in [2.24, 2.45) is 0 Å². The summed E-state index contributed by atoms with van der Waals surface area (Å²) in [6.45, 7) is 0. The van der Waals surface area contributed by atoms with Crippen LogP contribution in [0.4, 0.5) is 0 Å². The first-order chi connectivity index (χ1) is 9.33. The average Bonchev–Trinajstić information content (AvgIpc) is 3.16. The topological polar surface area (TPSA) is 47.6 Å². The van der Waals surface area contributed by atoms with Gasteiger partial charge in [-0.25, -0.2) is 0 Å². The van der Waals surface area contributed by atoms with Crippen LogP contribution in [0.5, 0.6) is 0 Å². The highest BCUT2D eigenvalue weighted by Gasteiger charge is 2.13. The molecule has 0 aliphatic rings. The van der Waals surface area contributed by atoms with E-state index in [1.807, 2.05) is 35.0 Å². The normalized spacial score (nSPS) is 10.0. The van der Waals surface area contributed by atoms with E-state index in [1.54, 1.807) is 34.0 Å². The highest BCUT2D eigenvalue weighted by Crippen LogP contribution is 2.40. The molecular formula is C14H6N2S3. The highest BCUT2D eigenvalue weighted by atomic mass is 32.1. The van der Waals surface area contributed by atoms with Gasteiger partial charge >= 0.3 is 0 Å². The Morgan fingerprint density at radius 1 is 0.737 bits per heavy atom. The molecular weight excluding hydrogens is 292 g/mol. The summed E-state index contributed by atoms with van der Waals surface area (Å²) in [6.07, 6.45) is 0. The van der Waals surface area contributed by atoms with Gasteiger partial charge < -0.3 is 0 Å². The van der Waals surface area contributed by atoms with Crippen molar-refractivity contribution >= 4 is 34.0 Å². The summed E-state index contributed by atoms with van der Waals surface area (Å²) >= 11 is 4.77. The number of nitrogens with zero attached hydrogens (tertiary/aromatic N) is 2. The first-order valence-corrected chi connectivity index (χ1v) is 7.97. The van der Waals surface area contributed by atoms with Gasteiger partial charge in [-0.15, -0.1) is 34.0 Å². The molecule has 19 heavy (non-hydrogen) atoms. The molecule has 0 bridgehead atoms. The fraction of sp³-hybridized carbons (Fsp3) is 0. The van der Waals surface area contributed by atoms with E-state index < -0.39 is 0 Å². The van der Waals surface area contributed by atoms with Gasteiger partial charge in [0.05, 0.1) is 20.9 Å². The molecule has 0 aliphatic heterocycles. The van der Waals surface area contributed by atoms with Crippen LogP contribution in [-0.2, 0) is 0 Å². The molecule has 0 N–H and O–H groups in total. The van der Waals surface area contributed by atoms with Gasteiger partial charge in [0, 0.05) is 9.75 Å². The Balaban J connectivity index is 2.06. The van der Waals surface area contributed by atoms with Crippen molar-refractivity contribution in [3.8, 4) is 31.6 Å². The van der Waals surface area contributed by atoms with Crippen LogP contribution in [-0.4, -0.2) is 0 Å². The quantitative estimate of drug-likeness (QED) is 0.672. The molecule has 5 heteroatoms.